The first-order valence-corrected chi connectivity index (χ1v) is 4.48. The molecule has 88 valence electrons. The zero-order valence-corrected chi connectivity index (χ0v) is 8.25. The molecule has 0 aliphatic heterocycles. The molecule has 1 aromatic carbocycles. The number of para-hydroxylation sites is 1. The molecule has 2 rings (SSSR count). The molecule has 3 N–H and O–H groups in total. The summed E-state index contributed by atoms with van der Waals surface area (Å²) in [4.78, 5) is 24.2. The molecule has 0 radical (unpaired) electrons. The van der Waals surface area contributed by atoms with E-state index in [1.807, 2.05) is 10.4 Å². The Labute approximate surface area is 92.7 Å². The lowest BCUT2D eigenvalue weighted by atomic mass is 10.3. The van der Waals surface area contributed by atoms with Gasteiger partial charge in [-0.2, -0.15) is 0 Å². The number of halogens is 2. The summed E-state index contributed by atoms with van der Waals surface area (Å²) < 4.78 is 26.4. The number of anilines is 1. The molecule has 17 heavy (non-hydrogen) atoms. The number of carbonyl (C=O) groups is 1. The molecule has 0 atom stereocenters. The lowest BCUT2D eigenvalue weighted by Gasteiger charge is -2.04. The van der Waals surface area contributed by atoms with Crippen molar-refractivity contribution in [3.05, 3.63) is 46.1 Å². The molecule has 6 nitrogen and oxygen atoms in total. The Morgan fingerprint density at radius 1 is 1.29 bits per heavy atom. The van der Waals surface area contributed by atoms with Gasteiger partial charge in [-0.25, -0.2) is 18.7 Å². The Bertz CT molecular complexity index is 599. The first kappa shape index (κ1) is 11.0. The van der Waals surface area contributed by atoms with Crippen LogP contribution in [0, 0.1) is 11.6 Å². The van der Waals surface area contributed by atoms with Crippen LogP contribution in [0.25, 0.3) is 0 Å². The Balaban J connectivity index is 2.27. The number of H-pyrrole nitrogens is 2. The van der Waals surface area contributed by atoms with Crippen LogP contribution in [-0.2, 0) is 0 Å². The molecule has 1 amide bonds. The number of nitrogens with zero attached hydrogens (tertiary/aromatic N) is 1. The van der Waals surface area contributed by atoms with E-state index < -0.39 is 28.9 Å². The standard InChI is InChI=1S/C9H6F2N4O2/c10-4-2-1-3-5(11)6(4)12-8(16)7-13-9(17)15-14-7/h1-3H,(H,12,16)(H2,13,14,15,17). The Morgan fingerprint density at radius 3 is 2.47 bits per heavy atom. The van der Waals surface area contributed by atoms with Crippen molar-refractivity contribution in [2.75, 3.05) is 5.32 Å². The van der Waals surface area contributed by atoms with Crippen LogP contribution in [0.15, 0.2) is 23.0 Å². The van der Waals surface area contributed by atoms with Gasteiger partial charge in [0.15, 0.2) is 0 Å². The van der Waals surface area contributed by atoms with Crippen molar-refractivity contribution in [3.8, 4) is 0 Å². The Kier molecular flexibility index (Phi) is 2.69. The second kappa shape index (κ2) is 4.16. The molecule has 0 unspecified atom stereocenters. The highest BCUT2D eigenvalue weighted by Crippen LogP contribution is 2.18. The smallest absolute Gasteiger partial charge is 0.314 e. The number of nitrogens with one attached hydrogen (secondary N) is 3. The second-order valence-corrected chi connectivity index (χ2v) is 3.08. The Hall–Kier alpha value is -2.51. The van der Waals surface area contributed by atoms with Crippen LogP contribution >= 0.6 is 0 Å². The van der Waals surface area contributed by atoms with Gasteiger partial charge in [0, 0.05) is 0 Å². The predicted molar refractivity (Wildman–Crippen MR) is 53.5 cm³/mol. The highest BCUT2D eigenvalue weighted by molar-refractivity contribution is 6.01. The van der Waals surface area contributed by atoms with Crippen molar-refractivity contribution < 1.29 is 13.6 Å². The van der Waals surface area contributed by atoms with Crippen LogP contribution < -0.4 is 11.0 Å². The molecule has 1 heterocycles. The summed E-state index contributed by atoms with van der Waals surface area (Å²) in [7, 11) is 0. The maximum Gasteiger partial charge on any atom is 0.341 e. The summed E-state index contributed by atoms with van der Waals surface area (Å²) in [6.07, 6.45) is 0. The molecular formula is C9H6F2N4O2. The highest BCUT2D eigenvalue weighted by Gasteiger charge is 2.15. The van der Waals surface area contributed by atoms with Crippen LogP contribution in [0.2, 0.25) is 0 Å². The van der Waals surface area contributed by atoms with Crippen LogP contribution in [-0.4, -0.2) is 21.1 Å². The maximum atomic E-state index is 13.2. The minimum atomic E-state index is -0.924. The summed E-state index contributed by atoms with van der Waals surface area (Å²) in [6.45, 7) is 0. The van der Waals surface area contributed by atoms with Gasteiger partial charge in [0.25, 0.3) is 5.91 Å². The molecule has 0 aliphatic carbocycles. The van der Waals surface area contributed by atoms with Crippen LogP contribution in [0.4, 0.5) is 14.5 Å². The van der Waals surface area contributed by atoms with Gasteiger partial charge in [-0.05, 0) is 12.1 Å². The third-order valence-corrected chi connectivity index (χ3v) is 1.92. The summed E-state index contributed by atoms with van der Waals surface area (Å²) in [5, 5.41) is 7.24. The molecule has 2 aromatic rings. The summed E-state index contributed by atoms with van der Waals surface area (Å²) in [5.41, 5.74) is -1.29. The number of aromatic nitrogens is 3. The van der Waals surface area contributed by atoms with Crippen molar-refractivity contribution in [1.82, 2.24) is 15.2 Å². The fraction of sp³-hybridized carbons (Fsp3) is 0. The van der Waals surface area contributed by atoms with E-state index in [-0.39, 0.29) is 5.82 Å². The minimum Gasteiger partial charge on any atom is -0.314 e. The molecule has 0 saturated carbocycles. The number of benzene rings is 1. The van der Waals surface area contributed by atoms with E-state index in [4.69, 9.17) is 0 Å². The first-order valence-electron chi connectivity index (χ1n) is 4.48. The predicted octanol–water partition coefficient (Wildman–Crippen LogP) is 0.629. The van der Waals surface area contributed by atoms with E-state index in [1.165, 1.54) is 0 Å². The third-order valence-electron chi connectivity index (χ3n) is 1.92. The average Bonchev–Trinajstić information content (AvgIpc) is 2.70. The number of aromatic amines is 2. The van der Waals surface area contributed by atoms with Gasteiger partial charge in [0.2, 0.25) is 5.82 Å². The maximum absolute atomic E-state index is 13.2. The molecule has 8 heteroatoms. The number of hydrogen-bond donors (Lipinski definition) is 3. The van der Waals surface area contributed by atoms with Gasteiger partial charge in [0.1, 0.15) is 17.3 Å². The van der Waals surface area contributed by atoms with Crippen LogP contribution in [0.3, 0.4) is 0 Å². The van der Waals surface area contributed by atoms with Gasteiger partial charge >= 0.3 is 5.69 Å². The topological polar surface area (TPSA) is 90.6 Å². The molecule has 0 aliphatic rings. The summed E-state index contributed by atoms with van der Waals surface area (Å²) in [6, 6.07) is 3.15. The van der Waals surface area contributed by atoms with Crippen LogP contribution in [0.5, 0.6) is 0 Å². The van der Waals surface area contributed by atoms with E-state index in [0.717, 1.165) is 18.2 Å². The van der Waals surface area contributed by atoms with E-state index in [0.29, 0.717) is 0 Å². The average molecular weight is 240 g/mol. The van der Waals surface area contributed by atoms with E-state index in [1.54, 1.807) is 0 Å². The zero-order valence-electron chi connectivity index (χ0n) is 8.25. The lowest BCUT2D eigenvalue weighted by molar-refractivity contribution is 0.101. The Morgan fingerprint density at radius 2 is 1.94 bits per heavy atom. The number of amides is 1. The number of carbonyl (C=O) groups excluding carboxylic acids is 1. The number of hydrogen-bond acceptors (Lipinski definition) is 3. The monoisotopic (exact) mass is 240 g/mol. The van der Waals surface area contributed by atoms with Crippen molar-refractivity contribution >= 4 is 11.6 Å². The van der Waals surface area contributed by atoms with Crippen LogP contribution in [0.1, 0.15) is 10.6 Å². The fourth-order valence-electron chi connectivity index (χ4n) is 1.17. The van der Waals surface area contributed by atoms with E-state index >= 15 is 0 Å². The SMILES string of the molecule is O=C(Nc1c(F)cccc1F)c1n[nH]c(=O)[nH]1. The van der Waals surface area contributed by atoms with E-state index in [9.17, 15) is 18.4 Å². The largest absolute Gasteiger partial charge is 0.341 e. The van der Waals surface area contributed by atoms with Gasteiger partial charge in [-0.3, -0.25) is 9.78 Å². The molecule has 1 aromatic heterocycles. The quantitative estimate of drug-likeness (QED) is 0.719. The molecule has 0 spiro atoms. The molecule has 0 fully saturated rings. The lowest BCUT2D eigenvalue weighted by Crippen LogP contribution is -2.16. The molecule has 0 bridgehead atoms. The van der Waals surface area contributed by atoms with Gasteiger partial charge in [-0.1, -0.05) is 6.07 Å². The summed E-state index contributed by atoms with van der Waals surface area (Å²) in [5.74, 6) is -3.13. The minimum absolute atomic E-state index is 0.363. The van der Waals surface area contributed by atoms with Crippen molar-refractivity contribution in [2.45, 2.75) is 0 Å². The number of rotatable bonds is 2. The normalized spacial score (nSPS) is 10.2. The summed E-state index contributed by atoms with van der Waals surface area (Å²) >= 11 is 0. The first-order chi connectivity index (χ1) is 8.08. The second-order valence-electron chi connectivity index (χ2n) is 3.08. The van der Waals surface area contributed by atoms with Crippen molar-refractivity contribution in [3.63, 3.8) is 0 Å². The van der Waals surface area contributed by atoms with Crippen molar-refractivity contribution in [1.29, 1.82) is 0 Å². The fourth-order valence-corrected chi connectivity index (χ4v) is 1.17. The van der Waals surface area contributed by atoms with Crippen molar-refractivity contribution in [2.24, 2.45) is 0 Å². The van der Waals surface area contributed by atoms with Gasteiger partial charge < -0.3 is 5.32 Å². The molecular weight excluding hydrogens is 234 g/mol. The van der Waals surface area contributed by atoms with Gasteiger partial charge in [0.05, 0.1) is 0 Å². The highest BCUT2D eigenvalue weighted by atomic mass is 19.1. The third kappa shape index (κ3) is 2.19. The van der Waals surface area contributed by atoms with E-state index in [2.05, 4.69) is 10.1 Å². The molecule has 0 saturated heterocycles. The zero-order chi connectivity index (χ0) is 12.4. The van der Waals surface area contributed by atoms with Gasteiger partial charge in [-0.15, -0.1) is 5.10 Å².